The van der Waals surface area contributed by atoms with Gasteiger partial charge < -0.3 is 9.30 Å². The largest absolute Gasteiger partial charge is 0.497 e. The van der Waals surface area contributed by atoms with Crippen LogP contribution >= 0.6 is 0 Å². The smallest absolute Gasteiger partial charge is 0.332 e. The van der Waals surface area contributed by atoms with E-state index in [1.807, 2.05) is 60.8 Å². The summed E-state index contributed by atoms with van der Waals surface area (Å²) in [6, 6.07) is 17.8. The number of nitrogens with zero attached hydrogens (tertiary/aromatic N) is 5. The van der Waals surface area contributed by atoms with Gasteiger partial charge in [-0.1, -0.05) is 42.5 Å². The van der Waals surface area contributed by atoms with Crippen molar-refractivity contribution in [3.63, 3.8) is 0 Å². The minimum absolute atomic E-state index is 0.367. The van der Waals surface area contributed by atoms with Gasteiger partial charge in [0, 0.05) is 20.3 Å². The molecule has 0 unspecified atom stereocenters. The molecule has 156 valence electrons. The Morgan fingerprint density at radius 1 is 0.935 bits per heavy atom. The minimum Gasteiger partial charge on any atom is -0.497 e. The molecule has 0 fully saturated rings. The zero-order chi connectivity index (χ0) is 21.7. The van der Waals surface area contributed by atoms with Crippen molar-refractivity contribution in [1.29, 1.82) is 0 Å². The van der Waals surface area contributed by atoms with Crippen molar-refractivity contribution in [2.75, 3.05) is 7.11 Å². The molecule has 0 amide bonds. The molecule has 3 aromatic heterocycles. The average Bonchev–Trinajstić information content (AvgIpc) is 3.34. The van der Waals surface area contributed by atoms with Crippen molar-refractivity contribution in [3.05, 3.63) is 87.2 Å². The average molecular weight is 415 g/mol. The molecule has 0 aliphatic rings. The number of benzene rings is 2. The van der Waals surface area contributed by atoms with Crippen LogP contribution in [0.15, 0.2) is 70.4 Å². The third-order valence-corrected chi connectivity index (χ3v) is 5.63. The molecule has 2 aromatic carbocycles. The molecule has 8 nitrogen and oxygen atoms in total. The van der Waals surface area contributed by atoms with E-state index in [9.17, 15) is 9.59 Å². The van der Waals surface area contributed by atoms with E-state index in [2.05, 4.69) is 4.57 Å². The topological polar surface area (TPSA) is 75.5 Å². The van der Waals surface area contributed by atoms with Crippen LogP contribution in [0.3, 0.4) is 0 Å². The molecular formula is C23H21N5O3. The van der Waals surface area contributed by atoms with Crippen LogP contribution in [0.25, 0.3) is 28.2 Å². The molecule has 0 bridgehead atoms. The lowest BCUT2D eigenvalue weighted by Crippen LogP contribution is -2.37. The summed E-state index contributed by atoms with van der Waals surface area (Å²) in [6.07, 6.45) is 1.91. The van der Waals surface area contributed by atoms with E-state index in [4.69, 9.17) is 9.72 Å². The highest BCUT2D eigenvalue weighted by Gasteiger charge is 2.21. The van der Waals surface area contributed by atoms with Crippen molar-refractivity contribution in [2.24, 2.45) is 14.1 Å². The van der Waals surface area contributed by atoms with Crippen molar-refractivity contribution in [3.8, 4) is 17.0 Å². The quantitative estimate of drug-likeness (QED) is 0.452. The first-order valence-corrected chi connectivity index (χ1v) is 9.85. The highest BCUT2D eigenvalue weighted by Crippen LogP contribution is 2.26. The summed E-state index contributed by atoms with van der Waals surface area (Å²) in [4.78, 5) is 30.0. The van der Waals surface area contributed by atoms with Gasteiger partial charge >= 0.3 is 5.69 Å². The molecule has 5 aromatic rings. The molecule has 0 saturated carbocycles. The van der Waals surface area contributed by atoms with E-state index in [0.29, 0.717) is 23.5 Å². The Balaban J connectivity index is 1.81. The summed E-state index contributed by atoms with van der Waals surface area (Å²) in [6.45, 7) is 0.544. The summed E-state index contributed by atoms with van der Waals surface area (Å²) in [5.74, 6) is 1.39. The first-order chi connectivity index (χ1) is 15.0. The first-order valence-electron chi connectivity index (χ1n) is 9.85. The van der Waals surface area contributed by atoms with E-state index >= 15 is 0 Å². The SMILES string of the molecule is COc1ccc(Cn2c(-c3ccccc3)cn3c4c(=O)n(C)c(=O)n(C)c4nc23)cc1. The molecule has 8 heteroatoms. The number of fused-ring (bicyclic) bond motifs is 3. The summed E-state index contributed by atoms with van der Waals surface area (Å²) in [5, 5.41) is 0. The Morgan fingerprint density at radius 3 is 2.32 bits per heavy atom. The predicted octanol–water partition coefficient (Wildman–Crippen LogP) is 2.41. The fourth-order valence-electron chi connectivity index (χ4n) is 3.92. The number of hydrogen-bond acceptors (Lipinski definition) is 4. The monoisotopic (exact) mass is 415 g/mol. The van der Waals surface area contributed by atoms with Gasteiger partial charge in [-0.15, -0.1) is 0 Å². The molecule has 0 saturated heterocycles. The third-order valence-electron chi connectivity index (χ3n) is 5.63. The Kier molecular flexibility index (Phi) is 4.28. The van der Waals surface area contributed by atoms with Gasteiger partial charge in [0.25, 0.3) is 5.56 Å². The molecule has 5 rings (SSSR count). The number of ether oxygens (including phenoxy) is 1. The fraction of sp³-hybridized carbons (Fsp3) is 0.174. The van der Waals surface area contributed by atoms with Crippen molar-refractivity contribution in [1.82, 2.24) is 23.1 Å². The summed E-state index contributed by atoms with van der Waals surface area (Å²) < 4.78 is 11.6. The van der Waals surface area contributed by atoms with Crippen LogP contribution in [-0.2, 0) is 20.6 Å². The second kappa shape index (κ2) is 7.02. The Labute approximate surface area is 177 Å². The summed E-state index contributed by atoms with van der Waals surface area (Å²) >= 11 is 0. The van der Waals surface area contributed by atoms with Gasteiger partial charge in [-0.05, 0) is 23.3 Å². The Hall–Kier alpha value is -4.07. The van der Waals surface area contributed by atoms with E-state index in [0.717, 1.165) is 27.1 Å². The molecule has 0 radical (unpaired) electrons. The van der Waals surface area contributed by atoms with E-state index < -0.39 is 5.69 Å². The van der Waals surface area contributed by atoms with Gasteiger partial charge in [0.2, 0.25) is 5.78 Å². The zero-order valence-corrected chi connectivity index (χ0v) is 17.4. The van der Waals surface area contributed by atoms with Crippen LogP contribution in [0.2, 0.25) is 0 Å². The third kappa shape index (κ3) is 2.87. The van der Waals surface area contributed by atoms with Gasteiger partial charge in [0.1, 0.15) is 5.75 Å². The highest BCUT2D eigenvalue weighted by molar-refractivity contribution is 5.78. The lowest BCUT2D eigenvalue weighted by Gasteiger charge is -2.10. The molecule has 31 heavy (non-hydrogen) atoms. The number of aromatic nitrogens is 5. The number of methoxy groups -OCH3 is 1. The van der Waals surface area contributed by atoms with E-state index in [1.165, 1.54) is 11.6 Å². The number of rotatable bonds is 4. The molecule has 0 aliphatic heterocycles. The highest BCUT2D eigenvalue weighted by atomic mass is 16.5. The predicted molar refractivity (Wildman–Crippen MR) is 119 cm³/mol. The first kappa shape index (κ1) is 18.9. The maximum absolute atomic E-state index is 12.9. The standard InChI is InChI=1S/C23H21N5O3/c1-25-20-19(21(29)26(2)23(25)30)28-14-18(16-7-5-4-6-8-16)27(22(28)24-20)13-15-9-11-17(31-3)12-10-15/h4-12,14H,13H2,1-3H3. The van der Waals surface area contributed by atoms with Crippen molar-refractivity contribution < 1.29 is 4.74 Å². The van der Waals surface area contributed by atoms with Gasteiger partial charge in [0.15, 0.2) is 11.2 Å². The second-order valence-corrected chi connectivity index (χ2v) is 7.47. The van der Waals surface area contributed by atoms with Gasteiger partial charge in [-0.25, -0.2) is 4.79 Å². The molecular weight excluding hydrogens is 394 g/mol. The van der Waals surface area contributed by atoms with E-state index in [1.54, 1.807) is 18.6 Å². The lowest BCUT2D eigenvalue weighted by atomic mass is 10.1. The molecule has 0 spiro atoms. The maximum Gasteiger partial charge on any atom is 0.332 e. The summed E-state index contributed by atoms with van der Waals surface area (Å²) in [5.41, 5.74) is 2.98. The van der Waals surface area contributed by atoms with Gasteiger partial charge in [-0.3, -0.25) is 18.3 Å². The number of aryl methyl sites for hydroxylation is 1. The van der Waals surface area contributed by atoms with Crippen LogP contribution in [0.4, 0.5) is 0 Å². The molecule has 0 atom stereocenters. The summed E-state index contributed by atoms with van der Waals surface area (Å²) in [7, 11) is 4.75. The maximum atomic E-state index is 12.9. The fourth-order valence-corrected chi connectivity index (χ4v) is 3.92. The van der Waals surface area contributed by atoms with Crippen molar-refractivity contribution >= 4 is 16.9 Å². The molecule has 0 N–H and O–H groups in total. The van der Waals surface area contributed by atoms with Crippen LogP contribution in [0, 0.1) is 0 Å². The number of imidazole rings is 2. The second-order valence-electron chi connectivity index (χ2n) is 7.47. The van der Waals surface area contributed by atoms with E-state index in [-0.39, 0.29) is 5.56 Å². The van der Waals surface area contributed by atoms with Gasteiger partial charge in [-0.2, -0.15) is 4.98 Å². The van der Waals surface area contributed by atoms with Crippen LogP contribution in [-0.4, -0.2) is 30.2 Å². The van der Waals surface area contributed by atoms with Crippen molar-refractivity contribution in [2.45, 2.75) is 6.54 Å². The Morgan fingerprint density at radius 2 is 1.65 bits per heavy atom. The van der Waals surface area contributed by atoms with Gasteiger partial charge in [0.05, 0.1) is 19.3 Å². The minimum atomic E-state index is -0.400. The number of hydrogen-bond donors (Lipinski definition) is 0. The van der Waals surface area contributed by atoms with Crippen LogP contribution in [0.5, 0.6) is 5.75 Å². The normalized spacial score (nSPS) is 11.5. The molecule has 3 heterocycles. The zero-order valence-electron chi connectivity index (χ0n) is 17.4. The molecule has 0 aliphatic carbocycles. The van der Waals surface area contributed by atoms with Crippen LogP contribution in [0.1, 0.15) is 5.56 Å². The lowest BCUT2D eigenvalue weighted by molar-refractivity contribution is 0.414. The Bertz CT molecular complexity index is 1540. The van der Waals surface area contributed by atoms with Crippen LogP contribution < -0.4 is 16.0 Å².